The van der Waals surface area contributed by atoms with Crippen LogP contribution in [0, 0.1) is 0 Å². The van der Waals surface area contributed by atoms with Crippen molar-refractivity contribution < 1.29 is 14.3 Å². The molecule has 0 aliphatic heterocycles. The van der Waals surface area contributed by atoms with Gasteiger partial charge in [-0.25, -0.2) is 9.78 Å². The number of carbonyl (C=O) groups excluding carboxylic acids is 1. The Morgan fingerprint density at radius 3 is 2.00 bits per heavy atom. The average molecular weight is 530 g/mol. The molecule has 0 radical (unpaired) electrons. The highest BCUT2D eigenvalue weighted by atomic mass is 16.5. The fourth-order valence-electron chi connectivity index (χ4n) is 4.27. The van der Waals surface area contributed by atoms with Crippen molar-refractivity contribution in [3.8, 4) is 11.5 Å². The minimum atomic E-state index is -0.410. The molecule has 0 saturated heterocycles. The molecular weight excluding hydrogens is 486 g/mol. The van der Waals surface area contributed by atoms with Crippen LogP contribution >= 0.6 is 0 Å². The second-order valence-electron chi connectivity index (χ2n) is 9.89. The normalized spacial score (nSPS) is 11.1. The van der Waals surface area contributed by atoms with Gasteiger partial charge >= 0.3 is 5.97 Å². The van der Waals surface area contributed by atoms with Crippen LogP contribution in [0.25, 0.3) is 0 Å². The van der Waals surface area contributed by atoms with Gasteiger partial charge in [0.05, 0.1) is 12.2 Å². The summed E-state index contributed by atoms with van der Waals surface area (Å²) in [6, 6.07) is 17.8. The van der Waals surface area contributed by atoms with E-state index in [0.717, 1.165) is 17.7 Å². The van der Waals surface area contributed by atoms with Crippen LogP contribution in [0.4, 0.5) is 11.5 Å². The van der Waals surface area contributed by atoms with Crippen LogP contribution in [0.5, 0.6) is 11.5 Å². The molecule has 6 heteroatoms. The third-order valence-corrected chi connectivity index (χ3v) is 6.62. The summed E-state index contributed by atoms with van der Waals surface area (Å²) in [5.74, 6) is 1.20. The molecule has 39 heavy (non-hydrogen) atoms. The number of ether oxygens (including phenoxy) is 2. The lowest BCUT2D eigenvalue weighted by molar-refractivity contribution is 0.0734. The van der Waals surface area contributed by atoms with Crippen LogP contribution in [-0.2, 0) is 0 Å². The Morgan fingerprint density at radius 2 is 1.38 bits per heavy atom. The van der Waals surface area contributed by atoms with E-state index in [-0.39, 0.29) is 0 Å². The molecule has 1 heterocycles. The first-order chi connectivity index (χ1) is 19.2. The molecule has 1 aromatic heterocycles. The zero-order valence-electron chi connectivity index (χ0n) is 23.3. The number of nitrogens with zero attached hydrogens (tertiary/aromatic N) is 2. The Morgan fingerprint density at radius 1 is 0.795 bits per heavy atom. The highest BCUT2D eigenvalue weighted by Crippen LogP contribution is 2.20. The molecule has 0 bridgehead atoms. The van der Waals surface area contributed by atoms with Crippen molar-refractivity contribution in [3.63, 3.8) is 0 Å². The third kappa shape index (κ3) is 11.7. The van der Waals surface area contributed by atoms with Gasteiger partial charge in [-0.1, -0.05) is 77.6 Å². The zero-order valence-corrected chi connectivity index (χ0v) is 23.3. The first kappa shape index (κ1) is 29.9. The van der Waals surface area contributed by atoms with Crippen LogP contribution in [0.2, 0.25) is 0 Å². The number of hydrogen-bond acceptors (Lipinski definition) is 6. The number of anilines is 1. The van der Waals surface area contributed by atoms with Crippen LogP contribution in [0.1, 0.15) is 99.9 Å². The van der Waals surface area contributed by atoms with Crippen LogP contribution in [0.15, 0.2) is 71.9 Å². The van der Waals surface area contributed by atoms with Gasteiger partial charge in [0.2, 0.25) is 0 Å². The largest absolute Gasteiger partial charge is 0.494 e. The lowest BCUT2D eigenvalue weighted by atomic mass is 10.1. The molecule has 0 fully saturated rings. The number of esters is 1. The molecule has 2 N–H and O–H groups in total. The van der Waals surface area contributed by atoms with Crippen molar-refractivity contribution >= 4 is 23.7 Å². The molecule has 0 aliphatic carbocycles. The maximum atomic E-state index is 12.5. The fourth-order valence-corrected chi connectivity index (χ4v) is 4.27. The molecule has 0 aliphatic rings. The van der Waals surface area contributed by atoms with Gasteiger partial charge in [0, 0.05) is 12.4 Å². The maximum Gasteiger partial charge on any atom is 0.343 e. The highest BCUT2D eigenvalue weighted by molar-refractivity contribution is 5.91. The number of pyridine rings is 1. The Labute approximate surface area is 233 Å². The molecule has 6 nitrogen and oxygen atoms in total. The van der Waals surface area contributed by atoms with Gasteiger partial charge in [0.15, 0.2) is 0 Å². The molecule has 3 rings (SSSR count). The predicted molar refractivity (Wildman–Crippen MR) is 160 cm³/mol. The van der Waals surface area contributed by atoms with E-state index in [0.29, 0.717) is 29.4 Å². The number of benzene rings is 2. The summed E-state index contributed by atoms with van der Waals surface area (Å²) < 4.78 is 11.4. The molecule has 208 valence electrons. The quantitative estimate of drug-likeness (QED) is 0.0770. The molecule has 3 aromatic rings. The van der Waals surface area contributed by atoms with Crippen molar-refractivity contribution in [2.24, 2.45) is 4.99 Å². The first-order valence-corrected chi connectivity index (χ1v) is 14.5. The third-order valence-electron chi connectivity index (χ3n) is 6.62. The molecule has 2 aromatic carbocycles. The fraction of sp³-hybridized carbons (Fsp3) is 0.424. The second-order valence-corrected chi connectivity index (χ2v) is 9.89. The van der Waals surface area contributed by atoms with Crippen molar-refractivity contribution in [2.45, 2.75) is 84.0 Å². The number of carbonyl (C=O) groups is 1. The van der Waals surface area contributed by atoms with Crippen molar-refractivity contribution in [3.05, 3.63) is 78.0 Å². The number of nitrogen functional groups attached to an aromatic ring is 1. The molecule has 0 amide bonds. The van der Waals surface area contributed by atoms with Crippen LogP contribution in [0.3, 0.4) is 0 Å². The van der Waals surface area contributed by atoms with E-state index in [1.54, 1.807) is 48.8 Å². The number of aromatic nitrogens is 1. The monoisotopic (exact) mass is 529 g/mol. The van der Waals surface area contributed by atoms with Gasteiger partial charge in [-0.2, -0.15) is 0 Å². The summed E-state index contributed by atoms with van der Waals surface area (Å²) >= 11 is 0. The van der Waals surface area contributed by atoms with Crippen molar-refractivity contribution in [2.75, 3.05) is 12.3 Å². The Kier molecular flexibility index (Phi) is 13.6. The van der Waals surface area contributed by atoms with E-state index in [2.05, 4.69) is 16.9 Å². The van der Waals surface area contributed by atoms with Gasteiger partial charge in [-0.05, 0) is 72.6 Å². The molecular formula is C33H43N3O3. The van der Waals surface area contributed by atoms with Crippen molar-refractivity contribution in [1.29, 1.82) is 0 Å². The Balaban J connectivity index is 1.29. The number of hydrogen-bond donors (Lipinski definition) is 1. The SMILES string of the molecule is CCCCCCCCCCCCCCOc1ccc(C(=O)Oc2ccc(C=Nc3cccnc3N)cc2)cc1. The topological polar surface area (TPSA) is 86.8 Å². The number of rotatable bonds is 18. The van der Waals surface area contributed by atoms with Crippen LogP contribution in [-0.4, -0.2) is 23.8 Å². The highest BCUT2D eigenvalue weighted by Gasteiger charge is 2.09. The van der Waals surface area contributed by atoms with Gasteiger partial charge in [0.25, 0.3) is 0 Å². The van der Waals surface area contributed by atoms with Gasteiger partial charge in [0.1, 0.15) is 23.0 Å². The summed E-state index contributed by atoms with van der Waals surface area (Å²) in [5, 5.41) is 0. The lowest BCUT2D eigenvalue weighted by Gasteiger charge is -2.08. The standard InChI is InChI=1S/C33H43N3O3/c1-2-3-4-5-6-7-8-9-10-11-12-13-25-38-29-22-18-28(19-23-29)33(37)39-30-20-16-27(17-21-30)26-36-31-15-14-24-35-32(31)34/h14-24,26H,2-13,25H2,1H3,(H2,34,35). The maximum absolute atomic E-state index is 12.5. The average Bonchev–Trinajstić information content (AvgIpc) is 2.96. The summed E-state index contributed by atoms with van der Waals surface area (Å²) in [6.07, 6.45) is 19.2. The van der Waals surface area contributed by atoms with E-state index in [9.17, 15) is 4.79 Å². The smallest absolute Gasteiger partial charge is 0.343 e. The molecule has 0 saturated carbocycles. The summed E-state index contributed by atoms with van der Waals surface area (Å²) in [6.45, 7) is 2.97. The van der Waals surface area contributed by atoms with E-state index in [4.69, 9.17) is 15.2 Å². The van der Waals surface area contributed by atoms with E-state index in [1.165, 1.54) is 70.6 Å². The second kappa shape index (κ2) is 17.8. The summed E-state index contributed by atoms with van der Waals surface area (Å²) in [7, 11) is 0. The predicted octanol–water partition coefficient (Wildman–Crippen LogP) is 8.71. The number of aliphatic imine (C=N–C) groups is 1. The van der Waals surface area contributed by atoms with Crippen molar-refractivity contribution in [1.82, 2.24) is 4.98 Å². The summed E-state index contributed by atoms with van der Waals surface area (Å²) in [4.78, 5) is 20.9. The molecule has 0 spiro atoms. The van der Waals surface area contributed by atoms with Crippen LogP contribution < -0.4 is 15.2 Å². The molecule has 0 atom stereocenters. The minimum Gasteiger partial charge on any atom is -0.494 e. The number of nitrogens with two attached hydrogens (primary N) is 1. The van der Waals surface area contributed by atoms with Gasteiger partial charge in [-0.3, -0.25) is 4.99 Å². The Bertz CT molecular complexity index is 1130. The van der Waals surface area contributed by atoms with Gasteiger partial charge in [-0.15, -0.1) is 0 Å². The van der Waals surface area contributed by atoms with E-state index < -0.39 is 5.97 Å². The number of unbranched alkanes of at least 4 members (excludes halogenated alkanes) is 11. The molecule has 0 unspecified atom stereocenters. The van der Waals surface area contributed by atoms with Gasteiger partial charge < -0.3 is 15.2 Å². The van der Waals surface area contributed by atoms with E-state index >= 15 is 0 Å². The van der Waals surface area contributed by atoms with E-state index in [1.807, 2.05) is 24.3 Å². The minimum absolute atomic E-state index is 0.375. The summed E-state index contributed by atoms with van der Waals surface area (Å²) in [5.41, 5.74) is 7.75. The first-order valence-electron chi connectivity index (χ1n) is 14.5. The Hall–Kier alpha value is -3.67. The lowest BCUT2D eigenvalue weighted by Crippen LogP contribution is -2.08. The zero-order chi connectivity index (χ0) is 27.5.